The maximum absolute atomic E-state index is 12.2. The van der Waals surface area contributed by atoms with Crippen LogP contribution in [0.3, 0.4) is 0 Å². The summed E-state index contributed by atoms with van der Waals surface area (Å²) in [5, 5.41) is 6.37. The van der Waals surface area contributed by atoms with Gasteiger partial charge in [0.05, 0.1) is 11.4 Å². The van der Waals surface area contributed by atoms with Crippen LogP contribution in [0.1, 0.15) is 20.8 Å². The molecule has 1 atom stereocenters. The zero-order valence-electron chi connectivity index (χ0n) is 12.3. The van der Waals surface area contributed by atoms with E-state index in [0.717, 1.165) is 31.0 Å². The van der Waals surface area contributed by atoms with Gasteiger partial charge in [-0.05, 0) is 25.0 Å². The molecule has 0 fully saturated rings. The van der Waals surface area contributed by atoms with Crippen LogP contribution in [0.2, 0.25) is 0 Å². The maximum Gasteiger partial charge on any atom is 0.242 e. The third kappa shape index (κ3) is 3.79. The summed E-state index contributed by atoms with van der Waals surface area (Å²) in [6.45, 7) is 8.64. The molecule has 1 heterocycles. The number of benzene rings is 1. The number of nitrogens with zero attached hydrogens (tertiary/aromatic N) is 1. The molecule has 0 aromatic heterocycles. The zero-order valence-corrected chi connectivity index (χ0v) is 13.2. The van der Waals surface area contributed by atoms with Crippen molar-refractivity contribution in [1.29, 1.82) is 0 Å². The lowest BCUT2D eigenvalue weighted by molar-refractivity contribution is -0.122. The first-order chi connectivity index (χ1) is 9.09. The molecule has 1 unspecified atom stereocenters. The number of carbonyl (C=O) groups is 1. The highest BCUT2D eigenvalue weighted by atomic mass is 35.5. The van der Waals surface area contributed by atoms with Crippen LogP contribution in [0.25, 0.3) is 0 Å². The first kappa shape index (κ1) is 16.6. The number of carbonyl (C=O) groups excluding carboxylic acids is 1. The van der Waals surface area contributed by atoms with Crippen LogP contribution < -0.4 is 15.5 Å². The van der Waals surface area contributed by atoms with Gasteiger partial charge in [0.15, 0.2) is 0 Å². The highest BCUT2D eigenvalue weighted by Gasteiger charge is 2.25. The summed E-state index contributed by atoms with van der Waals surface area (Å²) in [5.74, 6) is 0.580. The Morgan fingerprint density at radius 1 is 1.35 bits per heavy atom. The number of fused-ring (bicyclic) bond motifs is 1. The van der Waals surface area contributed by atoms with Gasteiger partial charge in [-0.25, -0.2) is 0 Å². The van der Waals surface area contributed by atoms with Crippen LogP contribution >= 0.6 is 12.4 Å². The fourth-order valence-electron chi connectivity index (χ4n) is 2.30. The summed E-state index contributed by atoms with van der Waals surface area (Å²) >= 11 is 0. The Labute approximate surface area is 127 Å². The summed E-state index contributed by atoms with van der Waals surface area (Å²) in [5.41, 5.74) is 2.22. The number of hydrogen-bond donors (Lipinski definition) is 2. The summed E-state index contributed by atoms with van der Waals surface area (Å²) < 4.78 is 0. The summed E-state index contributed by atoms with van der Waals surface area (Å²) in [6, 6.07) is 8.01. The molecule has 4 nitrogen and oxygen atoms in total. The molecule has 2 N–H and O–H groups in total. The topological polar surface area (TPSA) is 44.4 Å². The predicted octanol–water partition coefficient (Wildman–Crippen LogP) is 2.50. The standard InChI is InChI=1S/C15H23N3O.ClH/c1-11(2)10-17-15(19)12(3)18-9-8-16-13-6-4-5-7-14(13)18;/h4-7,11-12,16H,8-10H2,1-3H3,(H,17,19);1H. The van der Waals surface area contributed by atoms with E-state index >= 15 is 0 Å². The second-order valence-corrected chi connectivity index (χ2v) is 5.45. The minimum absolute atomic E-state index is 0. The highest BCUT2D eigenvalue weighted by molar-refractivity contribution is 5.87. The van der Waals surface area contributed by atoms with E-state index in [-0.39, 0.29) is 24.4 Å². The molecular weight excluding hydrogens is 274 g/mol. The van der Waals surface area contributed by atoms with Crippen molar-refractivity contribution >= 4 is 29.7 Å². The number of rotatable bonds is 4. The Morgan fingerprint density at radius 3 is 2.75 bits per heavy atom. The molecule has 1 aromatic rings. The van der Waals surface area contributed by atoms with Crippen molar-refractivity contribution in [3.63, 3.8) is 0 Å². The van der Waals surface area contributed by atoms with Crippen LogP contribution in [-0.4, -0.2) is 31.6 Å². The molecule has 1 aliphatic heterocycles. The lowest BCUT2D eigenvalue weighted by Crippen LogP contribution is -2.49. The van der Waals surface area contributed by atoms with Gasteiger partial charge >= 0.3 is 0 Å². The van der Waals surface area contributed by atoms with Crippen LogP contribution in [-0.2, 0) is 4.79 Å². The van der Waals surface area contributed by atoms with Crippen molar-refractivity contribution in [2.75, 3.05) is 29.9 Å². The zero-order chi connectivity index (χ0) is 13.8. The molecule has 0 radical (unpaired) electrons. The quantitative estimate of drug-likeness (QED) is 0.897. The molecule has 0 saturated carbocycles. The van der Waals surface area contributed by atoms with E-state index in [1.165, 1.54) is 0 Å². The third-order valence-corrected chi connectivity index (χ3v) is 3.41. The summed E-state index contributed by atoms with van der Waals surface area (Å²) in [4.78, 5) is 14.4. The average molecular weight is 298 g/mol. The number of amides is 1. The monoisotopic (exact) mass is 297 g/mol. The molecule has 0 aliphatic carbocycles. The molecule has 0 spiro atoms. The van der Waals surface area contributed by atoms with Gasteiger partial charge in [-0.3, -0.25) is 4.79 Å². The average Bonchev–Trinajstić information content (AvgIpc) is 2.43. The molecule has 112 valence electrons. The van der Waals surface area contributed by atoms with E-state index in [2.05, 4.69) is 41.5 Å². The molecule has 2 rings (SSSR count). The maximum atomic E-state index is 12.2. The molecule has 0 saturated heterocycles. The molecule has 1 aliphatic rings. The summed E-state index contributed by atoms with van der Waals surface area (Å²) in [6.07, 6.45) is 0. The van der Waals surface area contributed by atoms with Crippen molar-refractivity contribution in [3.05, 3.63) is 24.3 Å². The van der Waals surface area contributed by atoms with Gasteiger partial charge in [-0.1, -0.05) is 26.0 Å². The normalized spacial score (nSPS) is 14.9. The minimum Gasteiger partial charge on any atom is -0.382 e. The number of nitrogens with one attached hydrogen (secondary N) is 2. The van der Waals surface area contributed by atoms with Gasteiger partial charge in [0.25, 0.3) is 0 Å². The van der Waals surface area contributed by atoms with Crippen molar-refractivity contribution in [3.8, 4) is 0 Å². The Balaban J connectivity index is 0.00000200. The number of anilines is 2. The van der Waals surface area contributed by atoms with Crippen molar-refractivity contribution in [2.45, 2.75) is 26.8 Å². The van der Waals surface area contributed by atoms with Gasteiger partial charge in [-0.2, -0.15) is 0 Å². The van der Waals surface area contributed by atoms with Crippen molar-refractivity contribution in [1.82, 2.24) is 5.32 Å². The lowest BCUT2D eigenvalue weighted by Gasteiger charge is -2.36. The number of halogens is 1. The van der Waals surface area contributed by atoms with Crippen LogP contribution in [0.15, 0.2) is 24.3 Å². The number of para-hydroxylation sites is 2. The highest BCUT2D eigenvalue weighted by Crippen LogP contribution is 2.29. The largest absolute Gasteiger partial charge is 0.382 e. The second-order valence-electron chi connectivity index (χ2n) is 5.45. The Kier molecular flexibility index (Phi) is 6.14. The van der Waals surface area contributed by atoms with Crippen LogP contribution in [0.5, 0.6) is 0 Å². The van der Waals surface area contributed by atoms with Gasteiger partial charge in [0, 0.05) is 19.6 Å². The second kappa shape index (κ2) is 7.39. The molecule has 1 aromatic carbocycles. The predicted molar refractivity (Wildman–Crippen MR) is 86.8 cm³/mol. The molecular formula is C15H24ClN3O. The Morgan fingerprint density at radius 2 is 2.05 bits per heavy atom. The molecule has 20 heavy (non-hydrogen) atoms. The van der Waals surface area contributed by atoms with E-state index in [9.17, 15) is 4.79 Å². The van der Waals surface area contributed by atoms with E-state index in [4.69, 9.17) is 0 Å². The van der Waals surface area contributed by atoms with E-state index in [1.54, 1.807) is 0 Å². The van der Waals surface area contributed by atoms with E-state index in [1.807, 2.05) is 19.1 Å². The first-order valence-corrected chi connectivity index (χ1v) is 6.97. The van der Waals surface area contributed by atoms with Crippen molar-refractivity contribution in [2.24, 2.45) is 5.92 Å². The van der Waals surface area contributed by atoms with Gasteiger partial charge < -0.3 is 15.5 Å². The summed E-state index contributed by atoms with van der Waals surface area (Å²) in [7, 11) is 0. The Hall–Kier alpha value is -1.42. The molecule has 1 amide bonds. The smallest absolute Gasteiger partial charge is 0.242 e. The van der Waals surface area contributed by atoms with Gasteiger partial charge in [0.2, 0.25) is 5.91 Å². The van der Waals surface area contributed by atoms with Gasteiger partial charge in [-0.15, -0.1) is 12.4 Å². The van der Waals surface area contributed by atoms with Crippen LogP contribution in [0, 0.1) is 5.92 Å². The van der Waals surface area contributed by atoms with Crippen molar-refractivity contribution < 1.29 is 4.79 Å². The van der Waals surface area contributed by atoms with Gasteiger partial charge in [0.1, 0.15) is 6.04 Å². The first-order valence-electron chi connectivity index (χ1n) is 6.97. The fraction of sp³-hybridized carbons (Fsp3) is 0.533. The molecule has 5 heteroatoms. The van der Waals surface area contributed by atoms with Crippen LogP contribution in [0.4, 0.5) is 11.4 Å². The minimum atomic E-state index is -0.137. The lowest BCUT2D eigenvalue weighted by atomic mass is 10.1. The SMILES string of the molecule is CC(C)CNC(=O)C(C)N1CCNc2ccccc21.Cl. The number of hydrogen-bond acceptors (Lipinski definition) is 3. The Bertz CT molecular complexity index is 450. The third-order valence-electron chi connectivity index (χ3n) is 3.41. The fourth-order valence-corrected chi connectivity index (χ4v) is 2.30. The van der Waals surface area contributed by atoms with E-state index in [0.29, 0.717) is 5.92 Å². The molecule has 0 bridgehead atoms. The van der Waals surface area contributed by atoms with E-state index < -0.39 is 0 Å².